The summed E-state index contributed by atoms with van der Waals surface area (Å²) in [6, 6.07) is -2.06. The molecule has 0 aliphatic heterocycles. The second-order valence-corrected chi connectivity index (χ2v) is 2.90. The average Bonchev–Trinajstić information content (AvgIpc) is 2.11. The van der Waals surface area contributed by atoms with Crippen molar-refractivity contribution in [3.8, 4) is 0 Å². The lowest BCUT2D eigenvalue weighted by atomic mass is 10.1. The van der Waals surface area contributed by atoms with Gasteiger partial charge in [-0.1, -0.05) is 0 Å². The van der Waals surface area contributed by atoms with Crippen LogP contribution < -0.4 is 11.2 Å². The highest BCUT2D eigenvalue weighted by Gasteiger charge is 2.17. The summed E-state index contributed by atoms with van der Waals surface area (Å²) >= 11 is 0. The number of carboxylic acid groups (broad SMARTS) is 2. The van der Waals surface area contributed by atoms with Crippen LogP contribution in [0.5, 0.6) is 0 Å². The van der Waals surface area contributed by atoms with E-state index in [1.165, 1.54) is 0 Å². The van der Waals surface area contributed by atoms with Crippen molar-refractivity contribution < 1.29 is 25.0 Å². The van der Waals surface area contributed by atoms with Crippen LogP contribution in [0.4, 0.5) is 0 Å². The maximum absolute atomic E-state index is 10.4. The van der Waals surface area contributed by atoms with Gasteiger partial charge >= 0.3 is 11.9 Å². The molecule has 0 aromatic rings. The number of hydrogen-bond donors (Lipinski definition) is 5. The van der Waals surface area contributed by atoms with Crippen molar-refractivity contribution in [3.63, 3.8) is 0 Å². The molecule has 0 amide bonds. The molecule has 0 saturated heterocycles. The Kier molecular flexibility index (Phi) is 5.77. The third-order valence-corrected chi connectivity index (χ3v) is 1.78. The van der Waals surface area contributed by atoms with Crippen LogP contribution in [0.25, 0.3) is 0 Å². The van der Waals surface area contributed by atoms with Crippen molar-refractivity contribution in [2.24, 2.45) is 5.73 Å². The normalized spacial score (nSPS) is 14.7. The Labute approximate surface area is 80.5 Å². The van der Waals surface area contributed by atoms with E-state index in [1.54, 1.807) is 5.48 Å². The first-order valence-electron chi connectivity index (χ1n) is 4.09. The van der Waals surface area contributed by atoms with Gasteiger partial charge in [0.2, 0.25) is 0 Å². The quantitative estimate of drug-likeness (QED) is 0.337. The van der Waals surface area contributed by atoms with E-state index in [-0.39, 0.29) is 12.8 Å². The van der Waals surface area contributed by atoms with Gasteiger partial charge in [-0.15, -0.1) is 0 Å². The van der Waals surface area contributed by atoms with Crippen molar-refractivity contribution in [3.05, 3.63) is 0 Å². The minimum absolute atomic E-state index is 0.132. The Morgan fingerprint density at radius 1 is 1.21 bits per heavy atom. The predicted octanol–water partition coefficient (Wildman–Crippen LogP) is -0.999. The number of carboxylic acids is 2. The van der Waals surface area contributed by atoms with Crippen LogP contribution in [0.1, 0.15) is 19.3 Å². The lowest BCUT2D eigenvalue weighted by Crippen LogP contribution is -2.35. The van der Waals surface area contributed by atoms with E-state index in [0.717, 1.165) is 0 Å². The molecule has 2 unspecified atom stereocenters. The summed E-state index contributed by atoms with van der Waals surface area (Å²) in [5, 5.41) is 25.3. The van der Waals surface area contributed by atoms with Crippen LogP contribution in [0.2, 0.25) is 0 Å². The lowest BCUT2D eigenvalue weighted by Gasteiger charge is -2.10. The predicted molar refractivity (Wildman–Crippen MR) is 45.8 cm³/mol. The summed E-state index contributed by atoms with van der Waals surface area (Å²) in [5.74, 6) is -2.30. The fourth-order valence-electron chi connectivity index (χ4n) is 0.909. The highest BCUT2D eigenvalue weighted by Crippen LogP contribution is 2.03. The zero-order valence-corrected chi connectivity index (χ0v) is 7.51. The Balaban J connectivity index is 3.71. The Morgan fingerprint density at radius 2 is 1.79 bits per heavy atom. The summed E-state index contributed by atoms with van der Waals surface area (Å²) < 4.78 is 0. The molecule has 0 saturated carbocycles. The highest BCUT2D eigenvalue weighted by atomic mass is 16.5. The summed E-state index contributed by atoms with van der Waals surface area (Å²) in [4.78, 5) is 20.6. The summed E-state index contributed by atoms with van der Waals surface area (Å²) in [5.41, 5.74) is 6.81. The van der Waals surface area contributed by atoms with E-state index >= 15 is 0 Å². The summed E-state index contributed by atoms with van der Waals surface area (Å²) in [6.07, 6.45) is 0.631. The zero-order chi connectivity index (χ0) is 11.1. The SMILES string of the molecule is NC(CCCC(NO)C(=O)O)C(=O)O. The Morgan fingerprint density at radius 3 is 2.14 bits per heavy atom. The second-order valence-electron chi connectivity index (χ2n) is 2.90. The molecule has 0 radical (unpaired) electrons. The molecule has 6 N–H and O–H groups in total. The maximum atomic E-state index is 10.4. The molecular formula is C7H14N2O5. The van der Waals surface area contributed by atoms with E-state index in [2.05, 4.69) is 0 Å². The standard InChI is InChI=1S/C7H14N2O5/c8-4(6(10)11)2-1-3-5(9-14)7(12)13/h4-5,9,14H,1-3,8H2,(H,10,11)(H,12,13). The number of hydrogen-bond acceptors (Lipinski definition) is 5. The molecule has 0 aliphatic rings. The fourth-order valence-corrected chi connectivity index (χ4v) is 0.909. The number of carbonyl (C=O) groups is 2. The fraction of sp³-hybridized carbons (Fsp3) is 0.714. The number of rotatable bonds is 7. The first-order chi connectivity index (χ1) is 6.49. The largest absolute Gasteiger partial charge is 0.480 e. The van der Waals surface area contributed by atoms with E-state index in [9.17, 15) is 9.59 Å². The zero-order valence-electron chi connectivity index (χ0n) is 7.51. The molecule has 14 heavy (non-hydrogen) atoms. The van der Waals surface area contributed by atoms with Crippen LogP contribution >= 0.6 is 0 Å². The summed E-state index contributed by atoms with van der Waals surface area (Å²) in [6.45, 7) is 0. The topological polar surface area (TPSA) is 133 Å². The molecule has 2 atom stereocenters. The van der Waals surface area contributed by atoms with E-state index < -0.39 is 24.0 Å². The van der Waals surface area contributed by atoms with Crippen molar-refractivity contribution >= 4 is 11.9 Å². The molecule has 0 fully saturated rings. The van der Waals surface area contributed by atoms with E-state index in [1.807, 2.05) is 0 Å². The van der Waals surface area contributed by atoms with Gasteiger partial charge in [0.15, 0.2) is 0 Å². The molecular weight excluding hydrogens is 192 g/mol. The molecule has 0 aromatic carbocycles. The number of hydroxylamine groups is 1. The van der Waals surface area contributed by atoms with E-state index in [4.69, 9.17) is 21.2 Å². The highest BCUT2D eigenvalue weighted by molar-refractivity contribution is 5.73. The molecule has 0 spiro atoms. The van der Waals surface area contributed by atoms with Crippen molar-refractivity contribution in [1.29, 1.82) is 0 Å². The number of nitrogens with two attached hydrogens (primary N) is 1. The first-order valence-corrected chi connectivity index (χ1v) is 4.09. The van der Waals surface area contributed by atoms with Gasteiger partial charge in [-0.25, -0.2) is 0 Å². The van der Waals surface area contributed by atoms with Crippen LogP contribution in [0.15, 0.2) is 0 Å². The van der Waals surface area contributed by atoms with Crippen LogP contribution in [0.3, 0.4) is 0 Å². The average molecular weight is 206 g/mol. The van der Waals surface area contributed by atoms with E-state index in [0.29, 0.717) is 6.42 Å². The second kappa shape index (κ2) is 6.30. The van der Waals surface area contributed by atoms with Gasteiger partial charge in [0.25, 0.3) is 0 Å². The third kappa shape index (κ3) is 4.75. The number of nitrogens with one attached hydrogen (secondary N) is 1. The minimum atomic E-state index is -1.18. The molecule has 0 bridgehead atoms. The van der Waals surface area contributed by atoms with Gasteiger partial charge in [-0.2, -0.15) is 5.48 Å². The maximum Gasteiger partial charge on any atom is 0.323 e. The van der Waals surface area contributed by atoms with Gasteiger partial charge in [0, 0.05) is 0 Å². The van der Waals surface area contributed by atoms with Gasteiger partial charge in [-0.3, -0.25) is 9.59 Å². The smallest absolute Gasteiger partial charge is 0.323 e. The third-order valence-electron chi connectivity index (χ3n) is 1.78. The monoisotopic (exact) mass is 206 g/mol. The van der Waals surface area contributed by atoms with Crippen LogP contribution in [0, 0.1) is 0 Å². The molecule has 7 heteroatoms. The molecule has 0 aromatic heterocycles. The minimum Gasteiger partial charge on any atom is -0.480 e. The van der Waals surface area contributed by atoms with Crippen molar-refractivity contribution in [1.82, 2.24) is 5.48 Å². The lowest BCUT2D eigenvalue weighted by molar-refractivity contribution is -0.142. The molecule has 82 valence electrons. The van der Waals surface area contributed by atoms with Gasteiger partial charge in [-0.05, 0) is 19.3 Å². The van der Waals surface area contributed by atoms with Crippen molar-refractivity contribution in [2.75, 3.05) is 0 Å². The van der Waals surface area contributed by atoms with Gasteiger partial charge < -0.3 is 21.2 Å². The molecule has 0 aliphatic carbocycles. The van der Waals surface area contributed by atoms with Crippen LogP contribution in [-0.4, -0.2) is 39.4 Å². The van der Waals surface area contributed by atoms with Gasteiger partial charge in [0.05, 0.1) is 0 Å². The molecule has 0 rings (SSSR count). The molecule has 7 nitrogen and oxygen atoms in total. The number of aliphatic carboxylic acids is 2. The first kappa shape index (κ1) is 12.8. The Hall–Kier alpha value is -1.18. The van der Waals surface area contributed by atoms with Gasteiger partial charge in [0.1, 0.15) is 12.1 Å². The molecule has 0 heterocycles. The Bertz CT molecular complexity index is 208. The van der Waals surface area contributed by atoms with Crippen LogP contribution in [-0.2, 0) is 9.59 Å². The summed E-state index contributed by atoms with van der Waals surface area (Å²) in [7, 11) is 0. The van der Waals surface area contributed by atoms with Crippen molar-refractivity contribution in [2.45, 2.75) is 31.3 Å².